The molecule has 0 heterocycles. The van der Waals surface area contributed by atoms with Gasteiger partial charge in [-0.2, -0.15) is 0 Å². The van der Waals surface area contributed by atoms with Crippen LogP contribution >= 0.6 is 0 Å². The van der Waals surface area contributed by atoms with E-state index in [0.717, 1.165) is 11.1 Å². The van der Waals surface area contributed by atoms with Crippen LogP contribution in [0.15, 0.2) is 71.6 Å². The van der Waals surface area contributed by atoms with Gasteiger partial charge < -0.3 is 9.47 Å². The number of ether oxygens (including phenoxy) is 2. The molecule has 0 spiro atoms. The molecule has 0 aliphatic rings. The molecule has 0 aliphatic carbocycles. The van der Waals surface area contributed by atoms with Gasteiger partial charge in [0.2, 0.25) is 0 Å². The van der Waals surface area contributed by atoms with E-state index >= 15 is 0 Å². The molecule has 6 heteroatoms. The van der Waals surface area contributed by atoms with E-state index in [9.17, 15) is 8.42 Å². The van der Waals surface area contributed by atoms with Crippen molar-refractivity contribution in [2.45, 2.75) is 18.2 Å². The van der Waals surface area contributed by atoms with Gasteiger partial charge in [0.15, 0.2) is 11.5 Å². The van der Waals surface area contributed by atoms with Crippen LogP contribution in [0.25, 0.3) is 0 Å². The summed E-state index contributed by atoms with van der Waals surface area (Å²) >= 11 is 0. The Hall–Kier alpha value is -2.99. The lowest BCUT2D eigenvalue weighted by molar-refractivity contribution is 0.353. The number of anilines is 1. The lowest BCUT2D eigenvalue weighted by Crippen LogP contribution is -2.16. The average molecular weight is 397 g/mol. The fourth-order valence-electron chi connectivity index (χ4n) is 3.04. The van der Waals surface area contributed by atoms with Crippen LogP contribution in [-0.4, -0.2) is 22.6 Å². The molecule has 0 unspecified atom stereocenters. The Kier molecular flexibility index (Phi) is 5.90. The summed E-state index contributed by atoms with van der Waals surface area (Å²) < 4.78 is 39.4. The number of rotatable bonds is 7. The van der Waals surface area contributed by atoms with Crippen molar-refractivity contribution in [3.05, 3.63) is 83.4 Å². The van der Waals surface area contributed by atoms with E-state index in [1.807, 2.05) is 48.5 Å². The van der Waals surface area contributed by atoms with Gasteiger partial charge in [-0.05, 0) is 42.2 Å². The summed E-state index contributed by atoms with van der Waals surface area (Å²) in [6.45, 7) is 1.73. The molecule has 0 aliphatic heterocycles. The maximum absolute atomic E-state index is 13.1. The molecule has 0 bridgehead atoms. The zero-order valence-electron chi connectivity index (χ0n) is 16.1. The van der Waals surface area contributed by atoms with Crippen LogP contribution in [0, 0.1) is 6.92 Å². The first-order valence-electron chi connectivity index (χ1n) is 8.82. The number of hydrogen-bond donors (Lipinski definition) is 1. The van der Waals surface area contributed by atoms with E-state index in [1.165, 1.54) is 20.3 Å². The fraction of sp³-hybridized carbons (Fsp3) is 0.182. The molecular formula is C22H23NO4S. The molecule has 28 heavy (non-hydrogen) atoms. The lowest BCUT2D eigenvalue weighted by atomic mass is 10.0. The minimum Gasteiger partial charge on any atom is -0.493 e. The molecule has 0 fully saturated rings. The second-order valence-electron chi connectivity index (χ2n) is 6.40. The summed E-state index contributed by atoms with van der Waals surface area (Å²) in [7, 11) is -0.806. The molecule has 0 radical (unpaired) electrons. The third-order valence-electron chi connectivity index (χ3n) is 4.47. The van der Waals surface area contributed by atoms with Gasteiger partial charge in [0, 0.05) is 6.07 Å². The predicted molar refractivity (Wildman–Crippen MR) is 111 cm³/mol. The number of hydrogen-bond acceptors (Lipinski definition) is 4. The highest BCUT2D eigenvalue weighted by Crippen LogP contribution is 2.33. The summed E-state index contributed by atoms with van der Waals surface area (Å²) in [5, 5.41) is 0. The van der Waals surface area contributed by atoms with Crippen LogP contribution in [0.5, 0.6) is 11.5 Å². The molecule has 3 rings (SSSR count). The number of benzene rings is 3. The summed E-state index contributed by atoms with van der Waals surface area (Å²) in [6.07, 6.45) is 0.629. The molecule has 5 nitrogen and oxygen atoms in total. The van der Waals surface area contributed by atoms with Crippen molar-refractivity contribution in [2.75, 3.05) is 18.9 Å². The van der Waals surface area contributed by atoms with Gasteiger partial charge >= 0.3 is 0 Å². The second kappa shape index (κ2) is 8.35. The van der Waals surface area contributed by atoms with Crippen molar-refractivity contribution in [3.63, 3.8) is 0 Å². The Morgan fingerprint density at radius 3 is 2.14 bits per heavy atom. The first-order valence-corrected chi connectivity index (χ1v) is 10.3. The Morgan fingerprint density at radius 1 is 0.857 bits per heavy atom. The first kappa shape index (κ1) is 19.8. The smallest absolute Gasteiger partial charge is 0.262 e. The highest BCUT2D eigenvalue weighted by Gasteiger charge is 2.21. The van der Waals surface area contributed by atoms with Crippen LogP contribution in [0.2, 0.25) is 0 Å². The van der Waals surface area contributed by atoms with Crippen molar-refractivity contribution in [3.8, 4) is 11.5 Å². The number of para-hydroxylation sites is 1. The van der Waals surface area contributed by atoms with Gasteiger partial charge in [0.05, 0.1) is 24.8 Å². The normalized spacial score (nSPS) is 11.1. The zero-order valence-corrected chi connectivity index (χ0v) is 16.9. The molecule has 0 atom stereocenters. The zero-order chi connectivity index (χ0) is 20.1. The van der Waals surface area contributed by atoms with Gasteiger partial charge in [0.25, 0.3) is 10.0 Å². The minimum absolute atomic E-state index is 0.152. The Labute approximate surface area is 166 Å². The minimum atomic E-state index is -3.80. The number of aryl methyl sites for hydroxylation is 1. The topological polar surface area (TPSA) is 64.6 Å². The van der Waals surface area contributed by atoms with Crippen molar-refractivity contribution < 1.29 is 17.9 Å². The molecule has 0 aromatic heterocycles. The van der Waals surface area contributed by atoms with Gasteiger partial charge in [0.1, 0.15) is 0 Å². The molecule has 0 saturated heterocycles. The Morgan fingerprint density at radius 2 is 1.46 bits per heavy atom. The predicted octanol–water partition coefficient (Wildman–Crippen LogP) is 4.40. The SMILES string of the molecule is COc1cc(C)c(S(=O)(=O)Nc2ccccc2Cc2ccccc2)cc1OC. The fourth-order valence-corrected chi connectivity index (χ4v) is 4.38. The summed E-state index contributed by atoms with van der Waals surface area (Å²) in [5.41, 5.74) is 3.14. The summed E-state index contributed by atoms with van der Waals surface area (Å²) in [5.74, 6) is 0.856. The lowest BCUT2D eigenvalue weighted by Gasteiger charge is -2.16. The van der Waals surface area contributed by atoms with Gasteiger partial charge in [-0.25, -0.2) is 8.42 Å². The summed E-state index contributed by atoms with van der Waals surface area (Å²) in [4.78, 5) is 0.152. The number of methoxy groups -OCH3 is 2. The summed E-state index contributed by atoms with van der Waals surface area (Å²) in [6, 6.07) is 20.5. The van der Waals surface area contributed by atoms with Crippen LogP contribution in [-0.2, 0) is 16.4 Å². The quantitative estimate of drug-likeness (QED) is 0.642. The van der Waals surface area contributed by atoms with Crippen LogP contribution < -0.4 is 14.2 Å². The third kappa shape index (κ3) is 4.28. The van der Waals surface area contributed by atoms with E-state index in [0.29, 0.717) is 29.2 Å². The Bertz CT molecular complexity index is 1060. The molecule has 1 N–H and O–H groups in total. The van der Waals surface area contributed by atoms with Gasteiger partial charge in [-0.15, -0.1) is 0 Å². The van der Waals surface area contributed by atoms with E-state index in [4.69, 9.17) is 9.47 Å². The molecule has 0 amide bonds. The van der Waals surface area contributed by atoms with Gasteiger partial charge in [-0.1, -0.05) is 48.5 Å². The first-order chi connectivity index (χ1) is 13.4. The van der Waals surface area contributed by atoms with Crippen LogP contribution in [0.4, 0.5) is 5.69 Å². The molecule has 3 aromatic rings. The van der Waals surface area contributed by atoms with E-state index in [1.54, 1.807) is 19.1 Å². The molecule has 146 valence electrons. The molecule has 3 aromatic carbocycles. The number of sulfonamides is 1. The van der Waals surface area contributed by atoms with Crippen LogP contribution in [0.1, 0.15) is 16.7 Å². The monoisotopic (exact) mass is 397 g/mol. The van der Waals surface area contributed by atoms with Crippen molar-refractivity contribution >= 4 is 15.7 Å². The van der Waals surface area contributed by atoms with Crippen molar-refractivity contribution in [1.82, 2.24) is 0 Å². The van der Waals surface area contributed by atoms with Crippen molar-refractivity contribution in [1.29, 1.82) is 0 Å². The second-order valence-corrected chi connectivity index (χ2v) is 8.05. The third-order valence-corrected chi connectivity index (χ3v) is 5.98. The maximum Gasteiger partial charge on any atom is 0.262 e. The molecular weight excluding hydrogens is 374 g/mol. The number of nitrogens with one attached hydrogen (secondary N) is 1. The largest absolute Gasteiger partial charge is 0.493 e. The van der Waals surface area contributed by atoms with E-state index < -0.39 is 10.0 Å². The highest BCUT2D eigenvalue weighted by atomic mass is 32.2. The average Bonchev–Trinajstić information content (AvgIpc) is 2.69. The van der Waals surface area contributed by atoms with Crippen molar-refractivity contribution in [2.24, 2.45) is 0 Å². The van der Waals surface area contributed by atoms with Crippen LogP contribution in [0.3, 0.4) is 0 Å². The van der Waals surface area contributed by atoms with E-state index in [2.05, 4.69) is 4.72 Å². The van der Waals surface area contributed by atoms with E-state index in [-0.39, 0.29) is 4.90 Å². The maximum atomic E-state index is 13.1. The molecule has 0 saturated carbocycles. The highest BCUT2D eigenvalue weighted by molar-refractivity contribution is 7.92. The standard InChI is InChI=1S/C22H23NO4S/c1-16-13-20(26-2)21(27-3)15-22(16)28(24,25)23-19-12-8-7-11-18(19)14-17-9-5-4-6-10-17/h4-13,15,23H,14H2,1-3H3. The van der Waals surface area contributed by atoms with Gasteiger partial charge in [-0.3, -0.25) is 4.72 Å². The Balaban J connectivity index is 1.96.